The molecular formula is C14H17NO3. The number of hydrogen-bond donors (Lipinski definition) is 2. The maximum atomic E-state index is 12.3. The monoisotopic (exact) mass is 247 g/mol. The number of carbonyl (C=O) groups excluding carboxylic acids is 1. The van der Waals surface area contributed by atoms with Gasteiger partial charge in [0.15, 0.2) is 11.5 Å². The Morgan fingerprint density at radius 3 is 2.50 bits per heavy atom. The van der Waals surface area contributed by atoms with Crippen molar-refractivity contribution in [2.45, 2.75) is 19.3 Å². The van der Waals surface area contributed by atoms with Crippen molar-refractivity contribution in [2.24, 2.45) is 11.8 Å². The van der Waals surface area contributed by atoms with Gasteiger partial charge in [0.2, 0.25) is 0 Å². The van der Waals surface area contributed by atoms with Crippen LogP contribution in [0.3, 0.4) is 0 Å². The maximum absolute atomic E-state index is 12.3. The largest absolute Gasteiger partial charge is 0.504 e. The van der Waals surface area contributed by atoms with Gasteiger partial charge in [-0.25, -0.2) is 0 Å². The Kier molecular flexibility index (Phi) is 2.65. The van der Waals surface area contributed by atoms with Crippen molar-refractivity contribution in [2.75, 3.05) is 13.1 Å². The number of aromatic hydroxyl groups is 2. The van der Waals surface area contributed by atoms with Crippen molar-refractivity contribution >= 4 is 5.91 Å². The van der Waals surface area contributed by atoms with Crippen LogP contribution in [0.5, 0.6) is 11.5 Å². The minimum Gasteiger partial charge on any atom is -0.504 e. The summed E-state index contributed by atoms with van der Waals surface area (Å²) < 4.78 is 0. The summed E-state index contributed by atoms with van der Waals surface area (Å²) in [5, 5.41) is 19.2. The van der Waals surface area contributed by atoms with E-state index in [0.29, 0.717) is 11.8 Å². The Labute approximate surface area is 106 Å². The number of benzene rings is 1. The smallest absolute Gasteiger partial charge is 0.257 e. The molecule has 2 fully saturated rings. The maximum Gasteiger partial charge on any atom is 0.257 e. The van der Waals surface area contributed by atoms with Crippen molar-refractivity contribution in [3.63, 3.8) is 0 Å². The molecule has 1 saturated carbocycles. The number of amides is 1. The molecule has 18 heavy (non-hydrogen) atoms. The Hall–Kier alpha value is -1.71. The first-order chi connectivity index (χ1) is 8.66. The molecule has 2 unspecified atom stereocenters. The van der Waals surface area contributed by atoms with E-state index in [1.807, 2.05) is 4.90 Å². The van der Waals surface area contributed by atoms with Crippen molar-refractivity contribution < 1.29 is 15.0 Å². The first-order valence-electron chi connectivity index (χ1n) is 6.47. The fraction of sp³-hybridized carbons (Fsp3) is 0.500. The van der Waals surface area contributed by atoms with E-state index < -0.39 is 0 Å². The first-order valence-corrected chi connectivity index (χ1v) is 6.47. The Morgan fingerprint density at radius 1 is 1.17 bits per heavy atom. The van der Waals surface area contributed by atoms with E-state index in [0.717, 1.165) is 13.1 Å². The summed E-state index contributed by atoms with van der Waals surface area (Å²) in [5.41, 5.74) is 0.204. The molecule has 1 aromatic rings. The van der Waals surface area contributed by atoms with Crippen LogP contribution < -0.4 is 0 Å². The van der Waals surface area contributed by atoms with Crippen LogP contribution in [-0.2, 0) is 0 Å². The number of nitrogens with zero attached hydrogens (tertiary/aromatic N) is 1. The average molecular weight is 247 g/mol. The van der Waals surface area contributed by atoms with Crippen LogP contribution in [0.25, 0.3) is 0 Å². The molecule has 4 nitrogen and oxygen atoms in total. The average Bonchev–Trinajstić information content (AvgIpc) is 2.92. The first kappa shape index (κ1) is 11.4. The molecule has 1 saturated heterocycles. The van der Waals surface area contributed by atoms with Crippen LogP contribution in [0.2, 0.25) is 0 Å². The lowest BCUT2D eigenvalue weighted by molar-refractivity contribution is 0.0777. The third-order valence-electron chi connectivity index (χ3n) is 4.26. The zero-order chi connectivity index (χ0) is 12.7. The van der Waals surface area contributed by atoms with Gasteiger partial charge >= 0.3 is 0 Å². The molecule has 0 aromatic heterocycles. The Balaban J connectivity index is 1.81. The second-order valence-corrected chi connectivity index (χ2v) is 5.33. The molecule has 1 heterocycles. The van der Waals surface area contributed by atoms with Crippen LogP contribution in [-0.4, -0.2) is 34.1 Å². The molecule has 1 amide bonds. The fourth-order valence-corrected chi connectivity index (χ4v) is 3.28. The van der Waals surface area contributed by atoms with E-state index in [2.05, 4.69) is 0 Å². The summed E-state index contributed by atoms with van der Waals surface area (Å²) in [7, 11) is 0. The Bertz CT molecular complexity index is 474. The quantitative estimate of drug-likeness (QED) is 0.746. The summed E-state index contributed by atoms with van der Waals surface area (Å²) in [6.45, 7) is 1.58. The minimum atomic E-state index is -0.306. The van der Waals surface area contributed by atoms with E-state index in [1.54, 1.807) is 12.1 Å². The lowest BCUT2D eigenvalue weighted by atomic mass is 10.0. The highest BCUT2D eigenvalue weighted by Gasteiger charge is 2.38. The number of phenolic OH excluding ortho intramolecular Hbond substituents is 2. The molecule has 0 bridgehead atoms. The number of hydrogen-bond acceptors (Lipinski definition) is 3. The van der Waals surface area contributed by atoms with Crippen LogP contribution in [0, 0.1) is 11.8 Å². The number of carbonyl (C=O) groups is 1. The Morgan fingerprint density at radius 2 is 1.83 bits per heavy atom. The van der Waals surface area contributed by atoms with Crippen molar-refractivity contribution in [1.29, 1.82) is 0 Å². The van der Waals surface area contributed by atoms with Gasteiger partial charge in [-0.2, -0.15) is 0 Å². The van der Waals surface area contributed by atoms with Gasteiger partial charge < -0.3 is 15.1 Å². The summed E-state index contributed by atoms with van der Waals surface area (Å²) >= 11 is 0. The molecule has 2 atom stereocenters. The highest BCUT2D eigenvalue weighted by molar-refractivity contribution is 5.97. The van der Waals surface area contributed by atoms with E-state index in [9.17, 15) is 15.0 Å². The molecule has 0 spiro atoms. The zero-order valence-electron chi connectivity index (χ0n) is 10.2. The molecule has 4 heteroatoms. The van der Waals surface area contributed by atoms with Crippen molar-refractivity contribution in [3.8, 4) is 11.5 Å². The van der Waals surface area contributed by atoms with Gasteiger partial charge in [0.1, 0.15) is 0 Å². The number of rotatable bonds is 1. The van der Waals surface area contributed by atoms with E-state index in [4.69, 9.17) is 0 Å². The van der Waals surface area contributed by atoms with Gasteiger partial charge in [-0.1, -0.05) is 12.5 Å². The molecule has 2 N–H and O–H groups in total. The normalized spacial score (nSPS) is 26.3. The second kappa shape index (κ2) is 4.19. The van der Waals surface area contributed by atoms with Crippen molar-refractivity contribution in [3.05, 3.63) is 23.8 Å². The number of fused-ring (bicyclic) bond motifs is 1. The van der Waals surface area contributed by atoms with Gasteiger partial charge in [0.05, 0.1) is 5.56 Å². The third kappa shape index (κ3) is 1.72. The topological polar surface area (TPSA) is 60.8 Å². The van der Waals surface area contributed by atoms with E-state index in [-0.39, 0.29) is 23.0 Å². The van der Waals surface area contributed by atoms with Gasteiger partial charge in [-0.05, 0) is 36.8 Å². The number of para-hydroxylation sites is 1. The summed E-state index contributed by atoms with van der Waals surface area (Å²) in [6, 6.07) is 4.52. The number of phenols is 2. The molecular weight excluding hydrogens is 230 g/mol. The van der Waals surface area contributed by atoms with Crippen LogP contribution in [0.1, 0.15) is 29.6 Å². The molecule has 0 radical (unpaired) electrons. The summed E-state index contributed by atoms with van der Waals surface area (Å²) in [6.07, 6.45) is 3.69. The predicted octanol–water partition coefficient (Wildman–Crippen LogP) is 1.97. The van der Waals surface area contributed by atoms with E-state index >= 15 is 0 Å². The molecule has 1 aliphatic carbocycles. The van der Waals surface area contributed by atoms with Crippen molar-refractivity contribution in [1.82, 2.24) is 4.90 Å². The lowest BCUT2D eigenvalue weighted by Crippen LogP contribution is -2.29. The fourth-order valence-electron chi connectivity index (χ4n) is 3.28. The van der Waals surface area contributed by atoms with Gasteiger partial charge in [-0.3, -0.25) is 4.79 Å². The standard InChI is InChI=1S/C14H17NO3/c16-12-6-2-5-11(13(12)17)14(18)15-7-9-3-1-4-10(9)8-15/h2,5-6,9-10,16-17H,1,3-4,7-8H2. The highest BCUT2D eigenvalue weighted by Crippen LogP contribution is 2.39. The zero-order valence-corrected chi connectivity index (χ0v) is 10.2. The second-order valence-electron chi connectivity index (χ2n) is 5.33. The third-order valence-corrected chi connectivity index (χ3v) is 4.26. The van der Waals surface area contributed by atoms with Crippen LogP contribution in [0.4, 0.5) is 0 Å². The molecule has 2 aliphatic rings. The molecule has 3 rings (SSSR count). The van der Waals surface area contributed by atoms with E-state index in [1.165, 1.54) is 25.3 Å². The lowest BCUT2D eigenvalue weighted by Gasteiger charge is -2.18. The van der Waals surface area contributed by atoms with Crippen LogP contribution in [0.15, 0.2) is 18.2 Å². The molecule has 96 valence electrons. The highest BCUT2D eigenvalue weighted by atomic mass is 16.3. The summed E-state index contributed by atoms with van der Waals surface area (Å²) in [5.74, 6) is 0.555. The van der Waals surface area contributed by atoms with Gasteiger partial charge in [-0.15, -0.1) is 0 Å². The predicted molar refractivity (Wildman–Crippen MR) is 66.5 cm³/mol. The van der Waals surface area contributed by atoms with Crippen LogP contribution >= 0.6 is 0 Å². The molecule has 1 aliphatic heterocycles. The van der Waals surface area contributed by atoms with Gasteiger partial charge in [0.25, 0.3) is 5.91 Å². The number of likely N-dealkylation sites (tertiary alicyclic amines) is 1. The SMILES string of the molecule is O=C(c1cccc(O)c1O)N1CC2CCCC2C1. The minimum absolute atomic E-state index is 0.169. The summed E-state index contributed by atoms with van der Waals surface area (Å²) in [4.78, 5) is 14.1. The van der Waals surface area contributed by atoms with Gasteiger partial charge in [0, 0.05) is 13.1 Å². The molecule has 1 aromatic carbocycles.